The third kappa shape index (κ3) is 2.97. The van der Waals surface area contributed by atoms with Crippen LogP contribution in [-0.2, 0) is 22.6 Å². The van der Waals surface area contributed by atoms with Crippen molar-refractivity contribution >= 4 is 17.7 Å². The van der Waals surface area contributed by atoms with Crippen LogP contribution < -0.4 is 4.90 Å². The Morgan fingerprint density at radius 1 is 1.21 bits per heavy atom. The van der Waals surface area contributed by atoms with Gasteiger partial charge in [-0.15, -0.1) is 0 Å². The highest BCUT2D eigenvalue weighted by atomic mass is 16.6. The van der Waals surface area contributed by atoms with Gasteiger partial charge in [0.25, 0.3) is 0 Å². The standard InChI is InChI=1S/C19H19NO4/c1-12-8-13(2)15-10-17(18(21)22)20(16(15)9-12)19(23)24-11-14-6-4-3-5-7-14/h3-9,17H,10-11H2,1-2H3,(H,21,22). The second kappa shape index (κ2) is 6.35. The first kappa shape index (κ1) is 16.1. The third-order valence-corrected chi connectivity index (χ3v) is 4.25. The zero-order chi connectivity index (χ0) is 17.3. The Bertz CT molecular complexity index is 785. The number of amides is 1. The Balaban J connectivity index is 1.87. The maximum absolute atomic E-state index is 12.6. The summed E-state index contributed by atoms with van der Waals surface area (Å²) in [4.78, 5) is 25.4. The lowest BCUT2D eigenvalue weighted by atomic mass is 10.0. The predicted octanol–water partition coefficient (Wildman–Crippen LogP) is 3.46. The normalized spacial score (nSPS) is 15.9. The van der Waals surface area contributed by atoms with Crippen molar-refractivity contribution in [3.63, 3.8) is 0 Å². The van der Waals surface area contributed by atoms with Gasteiger partial charge in [-0.3, -0.25) is 4.90 Å². The highest BCUT2D eigenvalue weighted by molar-refractivity contribution is 5.98. The molecule has 124 valence electrons. The van der Waals surface area contributed by atoms with Crippen LogP contribution >= 0.6 is 0 Å². The van der Waals surface area contributed by atoms with E-state index < -0.39 is 18.1 Å². The van der Waals surface area contributed by atoms with Gasteiger partial charge in [-0.2, -0.15) is 0 Å². The highest BCUT2D eigenvalue weighted by Crippen LogP contribution is 2.36. The largest absolute Gasteiger partial charge is 0.480 e. The Labute approximate surface area is 140 Å². The Morgan fingerprint density at radius 3 is 2.58 bits per heavy atom. The first-order valence-corrected chi connectivity index (χ1v) is 7.80. The van der Waals surface area contributed by atoms with Crippen LogP contribution in [0.3, 0.4) is 0 Å². The molecule has 0 aromatic heterocycles. The van der Waals surface area contributed by atoms with Crippen molar-refractivity contribution in [3.8, 4) is 0 Å². The minimum Gasteiger partial charge on any atom is -0.480 e. The fraction of sp³-hybridized carbons (Fsp3) is 0.263. The van der Waals surface area contributed by atoms with E-state index in [9.17, 15) is 14.7 Å². The zero-order valence-electron chi connectivity index (χ0n) is 13.7. The summed E-state index contributed by atoms with van der Waals surface area (Å²) in [5.74, 6) is -1.03. The molecule has 1 unspecified atom stereocenters. The lowest BCUT2D eigenvalue weighted by molar-refractivity contribution is -0.138. The Morgan fingerprint density at radius 2 is 1.92 bits per heavy atom. The van der Waals surface area contributed by atoms with E-state index in [4.69, 9.17) is 4.74 Å². The van der Waals surface area contributed by atoms with Gasteiger partial charge in [0.2, 0.25) is 0 Å². The number of carbonyl (C=O) groups is 2. The minimum absolute atomic E-state index is 0.114. The molecule has 0 fully saturated rings. The van der Waals surface area contributed by atoms with Gasteiger partial charge in [0.1, 0.15) is 12.6 Å². The number of benzene rings is 2. The van der Waals surface area contributed by atoms with E-state index >= 15 is 0 Å². The molecule has 0 saturated carbocycles. The van der Waals surface area contributed by atoms with Crippen LogP contribution in [-0.4, -0.2) is 23.2 Å². The molecule has 1 N–H and O–H groups in total. The lowest BCUT2D eigenvalue weighted by Gasteiger charge is -2.22. The van der Waals surface area contributed by atoms with Gasteiger partial charge in [0.15, 0.2) is 0 Å². The topological polar surface area (TPSA) is 66.8 Å². The molecule has 2 aromatic carbocycles. The van der Waals surface area contributed by atoms with Gasteiger partial charge < -0.3 is 9.84 Å². The van der Waals surface area contributed by atoms with Crippen LogP contribution in [0.4, 0.5) is 10.5 Å². The molecule has 5 nitrogen and oxygen atoms in total. The molecule has 1 amide bonds. The van der Waals surface area contributed by atoms with Crippen molar-refractivity contribution < 1.29 is 19.4 Å². The van der Waals surface area contributed by atoms with E-state index in [1.54, 1.807) is 0 Å². The molecule has 0 spiro atoms. The van der Waals surface area contributed by atoms with E-state index in [0.717, 1.165) is 22.3 Å². The molecule has 5 heteroatoms. The molecule has 1 aliphatic rings. The monoisotopic (exact) mass is 325 g/mol. The van der Waals surface area contributed by atoms with Gasteiger partial charge in [-0.05, 0) is 42.2 Å². The number of hydrogen-bond acceptors (Lipinski definition) is 3. The number of rotatable bonds is 3. The van der Waals surface area contributed by atoms with Crippen molar-refractivity contribution in [2.75, 3.05) is 4.90 Å². The summed E-state index contributed by atoms with van der Waals surface area (Å²) < 4.78 is 5.35. The van der Waals surface area contributed by atoms with Gasteiger partial charge in [0.05, 0.1) is 5.69 Å². The van der Waals surface area contributed by atoms with E-state index in [1.807, 2.05) is 56.3 Å². The number of fused-ring (bicyclic) bond motifs is 1. The SMILES string of the molecule is Cc1cc(C)c2c(c1)N(C(=O)OCc1ccccc1)C(C(=O)O)C2. The molecule has 1 aliphatic heterocycles. The van der Waals surface area contributed by atoms with Crippen molar-refractivity contribution in [1.82, 2.24) is 0 Å². The number of carboxylic acids is 1. The van der Waals surface area contributed by atoms with E-state index in [2.05, 4.69) is 0 Å². The second-order valence-electron chi connectivity index (χ2n) is 6.05. The van der Waals surface area contributed by atoms with Crippen LogP contribution in [0, 0.1) is 13.8 Å². The molecule has 1 atom stereocenters. The van der Waals surface area contributed by atoms with Crippen LogP contribution in [0.2, 0.25) is 0 Å². The Hall–Kier alpha value is -2.82. The summed E-state index contributed by atoms with van der Waals surface area (Å²) in [5.41, 5.74) is 4.37. The maximum Gasteiger partial charge on any atom is 0.415 e. The van der Waals surface area contributed by atoms with Crippen molar-refractivity contribution in [1.29, 1.82) is 0 Å². The molecule has 3 rings (SSSR count). The summed E-state index contributed by atoms with van der Waals surface area (Å²) in [6.45, 7) is 3.97. The molecule has 0 aliphatic carbocycles. The van der Waals surface area contributed by atoms with E-state index in [0.29, 0.717) is 12.1 Å². The quantitative estimate of drug-likeness (QED) is 0.938. The van der Waals surface area contributed by atoms with E-state index in [-0.39, 0.29) is 6.61 Å². The summed E-state index contributed by atoms with van der Waals surface area (Å²) in [6.07, 6.45) is -0.327. The van der Waals surface area contributed by atoms with Crippen LogP contribution in [0.1, 0.15) is 22.3 Å². The molecule has 0 radical (unpaired) electrons. The molecule has 1 heterocycles. The van der Waals surface area contributed by atoms with Gasteiger partial charge in [-0.1, -0.05) is 36.4 Å². The van der Waals surface area contributed by atoms with Gasteiger partial charge >= 0.3 is 12.1 Å². The number of carboxylic acid groups (broad SMARTS) is 1. The predicted molar refractivity (Wildman–Crippen MR) is 90.1 cm³/mol. The fourth-order valence-corrected chi connectivity index (χ4v) is 3.12. The van der Waals surface area contributed by atoms with Crippen molar-refractivity contribution in [2.45, 2.75) is 32.9 Å². The van der Waals surface area contributed by atoms with Gasteiger partial charge in [-0.25, -0.2) is 9.59 Å². The van der Waals surface area contributed by atoms with Crippen LogP contribution in [0.25, 0.3) is 0 Å². The first-order valence-electron chi connectivity index (χ1n) is 7.80. The zero-order valence-corrected chi connectivity index (χ0v) is 13.7. The third-order valence-electron chi connectivity index (χ3n) is 4.25. The van der Waals surface area contributed by atoms with Crippen LogP contribution in [0.15, 0.2) is 42.5 Å². The lowest BCUT2D eigenvalue weighted by Crippen LogP contribution is -2.43. The molecule has 0 bridgehead atoms. The average Bonchev–Trinajstić information content (AvgIpc) is 2.93. The number of carbonyl (C=O) groups excluding carboxylic acids is 1. The summed E-state index contributed by atoms with van der Waals surface area (Å²) in [7, 11) is 0. The number of nitrogens with zero attached hydrogens (tertiary/aromatic N) is 1. The van der Waals surface area contributed by atoms with Crippen LogP contribution in [0.5, 0.6) is 0 Å². The molecule has 0 saturated heterocycles. The molecular formula is C19H19NO4. The first-order chi connectivity index (χ1) is 11.5. The smallest absolute Gasteiger partial charge is 0.415 e. The summed E-state index contributed by atoms with van der Waals surface area (Å²) in [5, 5.41) is 9.50. The number of anilines is 1. The van der Waals surface area contributed by atoms with Gasteiger partial charge in [0, 0.05) is 6.42 Å². The van der Waals surface area contributed by atoms with Crippen molar-refractivity contribution in [3.05, 3.63) is 64.7 Å². The van der Waals surface area contributed by atoms with Crippen molar-refractivity contribution in [2.24, 2.45) is 0 Å². The van der Waals surface area contributed by atoms with E-state index in [1.165, 1.54) is 4.90 Å². The average molecular weight is 325 g/mol. The number of ether oxygens (including phenoxy) is 1. The summed E-state index contributed by atoms with van der Waals surface area (Å²) in [6, 6.07) is 12.2. The number of hydrogen-bond donors (Lipinski definition) is 1. The molecule has 2 aromatic rings. The highest BCUT2D eigenvalue weighted by Gasteiger charge is 2.40. The number of aliphatic carboxylic acids is 1. The molecule has 24 heavy (non-hydrogen) atoms. The summed E-state index contributed by atoms with van der Waals surface area (Å²) >= 11 is 0. The second-order valence-corrected chi connectivity index (χ2v) is 6.05. The minimum atomic E-state index is -1.03. The molecular weight excluding hydrogens is 306 g/mol. The Kier molecular flexibility index (Phi) is 4.25. The maximum atomic E-state index is 12.6. The number of aryl methyl sites for hydroxylation is 2. The fourth-order valence-electron chi connectivity index (χ4n) is 3.12.